The molecule has 1 unspecified atom stereocenters. The minimum atomic E-state index is -0.453. The van der Waals surface area contributed by atoms with Crippen LogP contribution in [-0.2, 0) is 11.3 Å². The van der Waals surface area contributed by atoms with Crippen molar-refractivity contribution in [2.24, 2.45) is 5.92 Å². The lowest BCUT2D eigenvalue weighted by molar-refractivity contribution is -0.000850. The highest BCUT2D eigenvalue weighted by Crippen LogP contribution is 2.10. The first-order chi connectivity index (χ1) is 13.0. The summed E-state index contributed by atoms with van der Waals surface area (Å²) < 4.78 is 10.9. The van der Waals surface area contributed by atoms with E-state index in [0.717, 1.165) is 32.6 Å². The van der Waals surface area contributed by atoms with Gasteiger partial charge in [-0.15, -0.1) is 0 Å². The van der Waals surface area contributed by atoms with Gasteiger partial charge in [0.1, 0.15) is 6.26 Å². The van der Waals surface area contributed by atoms with Gasteiger partial charge in [-0.3, -0.25) is 14.6 Å². The summed E-state index contributed by atoms with van der Waals surface area (Å²) in [6, 6.07) is 0. The van der Waals surface area contributed by atoms with Crippen molar-refractivity contribution in [3.8, 4) is 0 Å². The van der Waals surface area contributed by atoms with Crippen molar-refractivity contribution in [1.29, 1.82) is 0 Å². The second-order valence-electron chi connectivity index (χ2n) is 7.54. The van der Waals surface area contributed by atoms with E-state index >= 15 is 0 Å². The van der Waals surface area contributed by atoms with Crippen LogP contribution in [0.25, 0.3) is 0 Å². The zero-order valence-electron chi connectivity index (χ0n) is 16.8. The molecule has 1 aliphatic rings. The van der Waals surface area contributed by atoms with Crippen LogP contribution in [0.1, 0.15) is 43.6 Å². The molecule has 0 spiro atoms. The number of hydrogen-bond acceptors (Lipinski definition) is 7. The molecule has 1 fully saturated rings. The molecule has 1 saturated heterocycles. The van der Waals surface area contributed by atoms with Crippen molar-refractivity contribution in [2.75, 3.05) is 52.5 Å². The molecule has 8 heteroatoms. The highest BCUT2D eigenvalue weighted by Gasteiger charge is 2.21. The molecule has 0 saturated carbocycles. The van der Waals surface area contributed by atoms with Crippen molar-refractivity contribution in [3.63, 3.8) is 0 Å². The van der Waals surface area contributed by atoms with E-state index in [4.69, 9.17) is 9.15 Å². The van der Waals surface area contributed by atoms with Crippen molar-refractivity contribution in [2.45, 2.75) is 39.8 Å². The van der Waals surface area contributed by atoms with Gasteiger partial charge in [0, 0.05) is 45.9 Å². The number of hydrogen-bond donors (Lipinski definition) is 2. The summed E-state index contributed by atoms with van der Waals surface area (Å²) in [5.74, 6) is 0.853. The first-order valence-electron chi connectivity index (χ1n) is 9.91. The third-order valence-electron chi connectivity index (χ3n) is 4.37. The molecule has 0 aliphatic carbocycles. The van der Waals surface area contributed by atoms with Crippen LogP contribution < -0.4 is 5.32 Å². The molecule has 154 valence electrons. The van der Waals surface area contributed by atoms with Crippen molar-refractivity contribution in [3.05, 3.63) is 17.8 Å². The summed E-state index contributed by atoms with van der Waals surface area (Å²) in [5, 5.41) is 12.9. The van der Waals surface area contributed by atoms with Crippen molar-refractivity contribution in [1.82, 2.24) is 20.1 Å². The number of carbonyl (C=O) groups is 1. The molecule has 1 aromatic heterocycles. The van der Waals surface area contributed by atoms with E-state index < -0.39 is 6.10 Å². The number of β-amino-alcohol motifs (C(OH)–C–C–N with tert-alkyl or cyclic N) is 1. The maximum absolute atomic E-state index is 11.9. The molecule has 2 rings (SSSR count). The van der Waals surface area contributed by atoms with Crippen LogP contribution in [-0.4, -0.2) is 84.4 Å². The second kappa shape index (κ2) is 11.4. The minimum absolute atomic E-state index is 0.189. The molecule has 1 amide bonds. The SMILES string of the molecule is CCCNC(=O)c1coc(CN2CCN(CC(O)COCC(C)C)CC2)n1. The second-order valence-corrected chi connectivity index (χ2v) is 7.54. The van der Waals surface area contributed by atoms with Gasteiger partial charge in [-0.1, -0.05) is 20.8 Å². The summed E-state index contributed by atoms with van der Waals surface area (Å²) in [5.41, 5.74) is 0.335. The summed E-state index contributed by atoms with van der Waals surface area (Å²) in [6.07, 6.45) is 1.86. The lowest BCUT2D eigenvalue weighted by Gasteiger charge is -2.34. The zero-order valence-corrected chi connectivity index (χ0v) is 16.8. The number of aliphatic hydroxyl groups excluding tert-OH is 1. The maximum atomic E-state index is 11.9. The van der Waals surface area contributed by atoms with E-state index in [9.17, 15) is 9.90 Å². The predicted octanol–water partition coefficient (Wildman–Crippen LogP) is 0.966. The number of oxazole rings is 1. The van der Waals surface area contributed by atoms with Gasteiger partial charge in [-0.05, 0) is 12.3 Å². The Morgan fingerprint density at radius 2 is 2.00 bits per heavy atom. The largest absolute Gasteiger partial charge is 0.447 e. The number of piperazine rings is 1. The number of amides is 1. The maximum Gasteiger partial charge on any atom is 0.273 e. The molecular weight excluding hydrogens is 348 g/mol. The smallest absolute Gasteiger partial charge is 0.273 e. The number of ether oxygens (including phenoxy) is 1. The summed E-state index contributed by atoms with van der Waals surface area (Å²) in [7, 11) is 0. The van der Waals surface area contributed by atoms with Crippen LogP contribution in [0, 0.1) is 5.92 Å². The van der Waals surface area contributed by atoms with Gasteiger partial charge in [0.15, 0.2) is 5.69 Å². The van der Waals surface area contributed by atoms with Crippen LogP contribution in [0.3, 0.4) is 0 Å². The molecule has 1 aliphatic heterocycles. The zero-order chi connectivity index (χ0) is 19.6. The fourth-order valence-electron chi connectivity index (χ4n) is 2.93. The molecular formula is C19H34N4O4. The van der Waals surface area contributed by atoms with E-state index in [2.05, 4.69) is 33.9 Å². The lowest BCUT2D eigenvalue weighted by Crippen LogP contribution is -2.48. The Balaban J connectivity index is 1.67. The molecule has 0 radical (unpaired) electrons. The highest BCUT2D eigenvalue weighted by atomic mass is 16.5. The summed E-state index contributed by atoms with van der Waals surface area (Å²) in [4.78, 5) is 20.7. The molecule has 27 heavy (non-hydrogen) atoms. The number of nitrogens with zero attached hydrogens (tertiary/aromatic N) is 3. The first-order valence-corrected chi connectivity index (χ1v) is 9.91. The fraction of sp³-hybridized carbons (Fsp3) is 0.789. The molecule has 8 nitrogen and oxygen atoms in total. The topological polar surface area (TPSA) is 91.1 Å². The van der Waals surface area contributed by atoms with Crippen LogP contribution in [0.5, 0.6) is 0 Å². The Hall–Kier alpha value is -1.48. The number of nitrogens with one attached hydrogen (secondary N) is 1. The van der Waals surface area contributed by atoms with Gasteiger partial charge in [0.2, 0.25) is 5.89 Å². The molecule has 2 heterocycles. The molecule has 2 N–H and O–H groups in total. The Labute approximate surface area is 161 Å². The average molecular weight is 383 g/mol. The Morgan fingerprint density at radius 1 is 1.30 bits per heavy atom. The van der Waals surface area contributed by atoms with Crippen LogP contribution in [0.15, 0.2) is 10.7 Å². The first kappa shape index (κ1) is 21.8. The summed E-state index contributed by atoms with van der Waals surface area (Å²) >= 11 is 0. The van der Waals surface area contributed by atoms with Gasteiger partial charge >= 0.3 is 0 Å². The Morgan fingerprint density at radius 3 is 2.67 bits per heavy atom. The number of aliphatic hydroxyl groups is 1. The summed E-state index contributed by atoms with van der Waals surface area (Å²) in [6.45, 7) is 12.6. The number of rotatable bonds is 11. The Bertz CT molecular complexity index is 556. The normalized spacial score (nSPS) is 17.4. The van der Waals surface area contributed by atoms with Crippen molar-refractivity contribution >= 4 is 5.91 Å². The van der Waals surface area contributed by atoms with Gasteiger partial charge in [-0.2, -0.15) is 0 Å². The Kier molecular flexibility index (Phi) is 9.20. The van der Waals surface area contributed by atoms with Crippen LogP contribution in [0.4, 0.5) is 0 Å². The average Bonchev–Trinajstić information content (AvgIpc) is 3.09. The monoisotopic (exact) mass is 382 g/mol. The van der Waals surface area contributed by atoms with Crippen LogP contribution in [0.2, 0.25) is 0 Å². The highest BCUT2D eigenvalue weighted by molar-refractivity contribution is 5.91. The van der Waals surface area contributed by atoms with Gasteiger partial charge in [-0.25, -0.2) is 4.98 Å². The quantitative estimate of drug-likeness (QED) is 0.589. The van der Waals surface area contributed by atoms with E-state index in [-0.39, 0.29) is 5.91 Å². The number of aromatic nitrogens is 1. The van der Waals surface area contributed by atoms with E-state index in [1.54, 1.807) is 0 Å². The van der Waals surface area contributed by atoms with Gasteiger partial charge in [0.05, 0.1) is 19.3 Å². The molecule has 0 bridgehead atoms. The minimum Gasteiger partial charge on any atom is -0.447 e. The van der Waals surface area contributed by atoms with E-state index in [1.165, 1.54) is 6.26 Å². The predicted molar refractivity (Wildman–Crippen MR) is 103 cm³/mol. The molecule has 0 aromatic carbocycles. The number of carbonyl (C=O) groups excluding carboxylic acids is 1. The van der Waals surface area contributed by atoms with Gasteiger partial charge in [0.25, 0.3) is 5.91 Å². The lowest BCUT2D eigenvalue weighted by atomic mass is 10.2. The van der Waals surface area contributed by atoms with Crippen molar-refractivity contribution < 1.29 is 19.1 Å². The molecule has 1 aromatic rings. The van der Waals surface area contributed by atoms with Crippen LogP contribution >= 0.6 is 0 Å². The third kappa shape index (κ3) is 7.96. The van der Waals surface area contributed by atoms with Gasteiger partial charge < -0.3 is 19.6 Å². The fourth-order valence-corrected chi connectivity index (χ4v) is 2.93. The molecule has 1 atom stereocenters. The standard InChI is InChI=1S/C19H34N4O4/c1-4-5-20-19(25)17-14-27-18(21-17)11-23-8-6-22(7-9-23)10-16(24)13-26-12-15(2)3/h14-16,24H,4-13H2,1-3H3,(H,20,25). The van der Waals surface area contributed by atoms with E-state index in [1.807, 2.05) is 6.92 Å². The van der Waals surface area contributed by atoms with E-state index in [0.29, 0.717) is 50.4 Å². The third-order valence-corrected chi connectivity index (χ3v) is 4.37.